The molecular formula is C14H14ClNO3. The van der Waals surface area contributed by atoms with Crippen LogP contribution < -0.4 is 0 Å². The lowest BCUT2D eigenvalue weighted by Gasteiger charge is -2.19. The van der Waals surface area contributed by atoms with E-state index in [1.54, 1.807) is 24.3 Å². The van der Waals surface area contributed by atoms with E-state index in [4.69, 9.17) is 16.0 Å². The molecule has 2 rings (SSSR count). The molecule has 0 aliphatic heterocycles. The Morgan fingerprint density at radius 3 is 2.47 bits per heavy atom. The fourth-order valence-electron chi connectivity index (χ4n) is 1.83. The molecule has 1 aromatic carbocycles. The van der Waals surface area contributed by atoms with Crippen LogP contribution in [0, 0.1) is 10.1 Å². The molecule has 1 heterocycles. The first-order chi connectivity index (χ1) is 8.80. The molecule has 4 nitrogen and oxygen atoms in total. The van der Waals surface area contributed by atoms with E-state index in [-0.39, 0.29) is 11.1 Å². The van der Waals surface area contributed by atoms with E-state index in [2.05, 4.69) is 0 Å². The summed E-state index contributed by atoms with van der Waals surface area (Å²) >= 11 is 6.21. The number of benzene rings is 1. The van der Waals surface area contributed by atoms with Gasteiger partial charge in [-0.3, -0.25) is 10.1 Å². The molecule has 100 valence electrons. The third kappa shape index (κ3) is 2.63. The zero-order chi connectivity index (χ0) is 14.2. The molecule has 5 heteroatoms. The SMILES string of the molecule is CC(C)(C)c1cc(Cl)c(-c2ccco2)c([N+](=O)[O-])c1. The second-order valence-corrected chi connectivity index (χ2v) is 5.74. The van der Waals surface area contributed by atoms with E-state index in [1.807, 2.05) is 20.8 Å². The van der Waals surface area contributed by atoms with Gasteiger partial charge in [0.1, 0.15) is 11.3 Å². The van der Waals surface area contributed by atoms with Crippen molar-refractivity contribution in [3.63, 3.8) is 0 Å². The van der Waals surface area contributed by atoms with Gasteiger partial charge in [-0.1, -0.05) is 32.4 Å². The third-order valence-corrected chi connectivity index (χ3v) is 3.20. The van der Waals surface area contributed by atoms with Crippen molar-refractivity contribution in [1.82, 2.24) is 0 Å². The minimum atomic E-state index is -0.432. The number of nitro groups is 1. The maximum absolute atomic E-state index is 11.3. The molecular weight excluding hydrogens is 266 g/mol. The molecule has 0 bridgehead atoms. The van der Waals surface area contributed by atoms with E-state index >= 15 is 0 Å². The smallest absolute Gasteiger partial charge is 0.282 e. The highest BCUT2D eigenvalue weighted by molar-refractivity contribution is 6.33. The third-order valence-electron chi connectivity index (χ3n) is 2.90. The number of furan rings is 1. The summed E-state index contributed by atoms with van der Waals surface area (Å²) in [5, 5.41) is 11.6. The predicted octanol–water partition coefficient (Wildman–Crippen LogP) is 4.81. The van der Waals surface area contributed by atoms with Gasteiger partial charge in [0.15, 0.2) is 0 Å². The molecule has 1 aromatic heterocycles. The van der Waals surface area contributed by atoms with Gasteiger partial charge in [-0.2, -0.15) is 0 Å². The Labute approximate surface area is 116 Å². The summed E-state index contributed by atoms with van der Waals surface area (Å²) in [4.78, 5) is 10.8. The molecule has 0 saturated heterocycles. The minimum Gasteiger partial charge on any atom is -0.464 e. The van der Waals surface area contributed by atoms with E-state index < -0.39 is 4.92 Å². The van der Waals surface area contributed by atoms with Crippen molar-refractivity contribution in [1.29, 1.82) is 0 Å². The maximum Gasteiger partial charge on any atom is 0.282 e. The monoisotopic (exact) mass is 279 g/mol. The standard InChI is InChI=1S/C14H14ClNO3/c1-14(2,3)9-7-10(15)13(11(8-9)16(17)18)12-5-4-6-19-12/h4-8H,1-3H3. The van der Waals surface area contributed by atoms with E-state index in [0.717, 1.165) is 5.56 Å². The normalized spacial score (nSPS) is 11.6. The van der Waals surface area contributed by atoms with Crippen LogP contribution >= 0.6 is 11.6 Å². The summed E-state index contributed by atoms with van der Waals surface area (Å²) in [5.74, 6) is 0.400. The fraction of sp³-hybridized carbons (Fsp3) is 0.286. The second-order valence-electron chi connectivity index (χ2n) is 5.34. The van der Waals surface area contributed by atoms with Gasteiger partial charge in [-0.25, -0.2) is 0 Å². The lowest BCUT2D eigenvalue weighted by molar-refractivity contribution is -0.384. The van der Waals surface area contributed by atoms with Crippen molar-refractivity contribution in [3.05, 3.63) is 51.2 Å². The number of hydrogen-bond donors (Lipinski definition) is 0. The Morgan fingerprint density at radius 1 is 1.32 bits per heavy atom. The highest BCUT2D eigenvalue weighted by atomic mass is 35.5. The van der Waals surface area contributed by atoms with Crippen molar-refractivity contribution < 1.29 is 9.34 Å². The lowest BCUT2D eigenvalue weighted by atomic mass is 9.86. The van der Waals surface area contributed by atoms with Gasteiger partial charge in [0, 0.05) is 6.07 Å². The molecule has 0 atom stereocenters. The number of rotatable bonds is 2. The van der Waals surface area contributed by atoms with Crippen molar-refractivity contribution >= 4 is 17.3 Å². The summed E-state index contributed by atoms with van der Waals surface area (Å²) in [6, 6.07) is 6.65. The molecule has 0 unspecified atom stereocenters. The predicted molar refractivity (Wildman–Crippen MR) is 74.5 cm³/mol. The Balaban J connectivity index is 2.72. The molecule has 0 aliphatic rings. The number of nitro benzene ring substituents is 1. The van der Waals surface area contributed by atoms with Crippen LogP contribution in [-0.4, -0.2) is 4.92 Å². The van der Waals surface area contributed by atoms with Gasteiger partial charge in [0.2, 0.25) is 0 Å². The number of nitrogens with zero attached hydrogens (tertiary/aromatic N) is 1. The zero-order valence-corrected chi connectivity index (χ0v) is 11.7. The van der Waals surface area contributed by atoms with Gasteiger partial charge < -0.3 is 4.42 Å². The Bertz CT molecular complexity index is 612. The summed E-state index contributed by atoms with van der Waals surface area (Å²) in [5.41, 5.74) is 0.896. The molecule has 0 radical (unpaired) electrons. The van der Waals surface area contributed by atoms with Crippen molar-refractivity contribution in [2.45, 2.75) is 26.2 Å². The van der Waals surface area contributed by atoms with Gasteiger partial charge in [-0.05, 0) is 29.2 Å². The highest BCUT2D eigenvalue weighted by Gasteiger charge is 2.26. The van der Waals surface area contributed by atoms with Crippen LogP contribution in [0.25, 0.3) is 11.3 Å². The average Bonchev–Trinajstić information content (AvgIpc) is 2.79. The number of halogens is 1. The van der Waals surface area contributed by atoms with Gasteiger partial charge in [0.25, 0.3) is 5.69 Å². The van der Waals surface area contributed by atoms with Crippen molar-refractivity contribution in [2.24, 2.45) is 0 Å². The second kappa shape index (κ2) is 4.70. The molecule has 0 spiro atoms. The van der Waals surface area contributed by atoms with Crippen LogP contribution in [0.3, 0.4) is 0 Å². The fourth-order valence-corrected chi connectivity index (χ4v) is 2.14. The van der Waals surface area contributed by atoms with Crippen molar-refractivity contribution in [3.8, 4) is 11.3 Å². The molecule has 0 saturated carbocycles. The van der Waals surface area contributed by atoms with Gasteiger partial charge >= 0.3 is 0 Å². The number of hydrogen-bond acceptors (Lipinski definition) is 3. The molecule has 2 aromatic rings. The van der Waals surface area contributed by atoms with Crippen LogP contribution in [0.2, 0.25) is 5.02 Å². The zero-order valence-electron chi connectivity index (χ0n) is 10.9. The first-order valence-corrected chi connectivity index (χ1v) is 6.21. The van der Waals surface area contributed by atoms with Crippen LogP contribution in [-0.2, 0) is 5.41 Å². The Hall–Kier alpha value is -1.81. The lowest BCUT2D eigenvalue weighted by Crippen LogP contribution is -2.11. The highest BCUT2D eigenvalue weighted by Crippen LogP contribution is 2.40. The van der Waals surface area contributed by atoms with Gasteiger partial charge in [-0.15, -0.1) is 0 Å². The molecule has 0 amide bonds. The quantitative estimate of drug-likeness (QED) is 0.586. The average molecular weight is 280 g/mol. The molecule has 0 aliphatic carbocycles. The van der Waals surface area contributed by atoms with Gasteiger partial charge in [0.05, 0.1) is 16.2 Å². The largest absolute Gasteiger partial charge is 0.464 e. The van der Waals surface area contributed by atoms with Crippen LogP contribution in [0.15, 0.2) is 34.9 Å². The Kier molecular flexibility index (Phi) is 3.37. The van der Waals surface area contributed by atoms with Crippen LogP contribution in [0.4, 0.5) is 5.69 Å². The molecule has 0 N–H and O–H groups in total. The van der Waals surface area contributed by atoms with E-state index in [9.17, 15) is 10.1 Å². The van der Waals surface area contributed by atoms with Crippen LogP contribution in [0.1, 0.15) is 26.3 Å². The molecule has 0 fully saturated rings. The topological polar surface area (TPSA) is 56.3 Å². The first kappa shape index (κ1) is 13.6. The summed E-state index contributed by atoms with van der Waals surface area (Å²) in [7, 11) is 0. The minimum absolute atomic E-state index is 0.0348. The van der Waals surface area contributed by atoms with E-state index in [1.165, 1.54) is 6.26 Å². The Morgan fingerprint density at radius 2 is 2.00 bits per heavy atom. The maximum atomic E-state index is 11.3. The van der Waals surface area contributed by atoms with Crippen LogP contribution in [0.5, 0.6) is 0 Å². The summed E-state index contributed by atoms with van der Waals surface area (Å²) in [6.07, 6.45) is 1.47. The molecule has 19 heavy (non-hydrogen) atoms. The first-order valence-electron chi connectivity index (χ1n) is 5.83. The summed E-state index contributed by atoms with van der Waals surface area (Å²) < 4.78 is 5.23. The van der Waals surface area contributed by atoms with Crippen molar-refractivity contribution in [2.75, 3.05) is 0 Å². The summed E-state index contributed by atoms with van der Waals surface area (Å²) in [6.45, 7) is 5.94. The van der Waals surface area contributed by atoms with E-state index in [0.29, 0.717) is 16.3 Å².